The molecule has 0 radical (unpaired) electrons. The predicted molar refractivity (Wildman–Crippen MR) is 83.5 cm³/mol. The van der Waals surface area contributed by atoms with Crippen LogP contribution in [0.15, 0.2) is 22.9 Å². The number of sulfonamides is 1. The smallest absolute Gasteiger partial charge is 0.253 e. The molecule has 2 rings (SSSR count). The van der Waals surface area contributed by atoms with Crippen LogP contribution in [0.5, 0.6) is 0 Å². The molecule has 112 valence electrons. The Morgan fingerprint density at radius 2 is 2.25 bits per heavy atom. The van der Waals surface area contributed by atoms with Crippen LogP contribution in [0.4, 0.5) is 0 Å². The zero-order valence-corrected chi connectivity index (χ0v) is 13.7. The molecular weight excluding hydrogens is 292 g/mol. The van der Waals surface area contributed by atoms with Crippen LogP contribution < -0.4 is 5.32 Å². The second-order valence-corrected chi connectivity index (χ2v) is 8.30. The molecular formula is C14H22N2O2S2. The van der Waals surface area contributed by atoms with E-state index in [-0.39, 0.29) is 6.04 Å². The summed E-state index contributed by atoms with van der Waals surface area (Å²) in [6.45, 7) is 9.68. The summed E-state index contributed by atoms with van der Waals surface area (Å²) in [6, 6.07) is 1.96. The number of nitrogens with one attached hydrogen (secondary N) is 1. The Hall–Kier alpha value is -0.690. The summed E-state index contributed by atoms with van der Waals surface area (Å²) < 4.78 is 27.5. The summed E-state index contributed by atoms with van der Waals surface area (Å²) in [5, 5.41) is 3.25. The van der Waals surface area contributed by atoms with Gasteiger partial charge in [0.05, 0.1) is 0 Å². The molecule has 0 saturated heterocycles. The van der Waals surface area contributed by atoms with Crippen LogP contribution in [0.1, 0.15) is 30.2 Å². The standard InChI is InChI=1S/C14H22N2O2S2/c1-4-8-16(12-6-7-12)20(17,18)14-9-11(3)13(19-14)10-15-5-2/h4,9,12,15H,1,5-8,10H2,2-3H3. The van der Waals surface area contributed by atoms with Crippen molar-refractivity contribution in [2.45, 2.75) is 43.5 Å². The van der Waals surface area contributed by atoms with Crippen molar-refractivity contribution in [2.24, 2.45) is 0 Å². The van der Waals surface area contributed by atoms with E-state index in [0.717, 1.165) is 36.4 Å². The van der Waals surface area contributed by atoms with E-state index in [1.165, 1.54) is 11.3 Å². The molecule has 0 spiro atoms. The van der Waals surface area contributed by atoms with Crippen molar-refractivity contribution in [3.05, 3.63) is 29.2 Å². The minimum Gasteiger partial charge on any atom is -0.312 e. The Bertz CT molecular complexity index is 574. The third-order valence-electron chi connectivity index (χ3n) is 3.36. The SMILES string of the molecule is C=CCN(C1CC1)S(=O)(=O)c1cc(C)c(CNCC)s1. The number of hydrogen-bond acceptors (Lipinski definition) is 4. The quantitative estimate of drug-likeness (QED) is 0.750. The number of nitrogens with zero attached hydrogens (tertiary/aromatic N) is 1. The lowest BCUT2D eigenvalue weighted by molar-refractivity contribution is 0.437. The fraction of sp³-hybridized carbons (Fsp3) is 0.571. The van der Waals surface area contributed by atoms with E-state index in [0.29, 0.717) is 10.8 Å². The molecule has 1 saturated carbocycles. The second-order valence-electron chi connectivity index (χ2n) is 5.05. The molecule has 0 bridgehead atoms. The number of rotatable bonds is 8. The van der Waals surface area contributed by atoms with E-state index in [1.807, 2.05) is 13.8 Å². The fourth-order valence-electron chi connectivity index (χ4n) is 2.08. The third kappa shape index (κ3) is 3.31. The third-order valence-corrected chi connectivity index (χ3v) is 6.96. The molecule has 4 nitrogen and oxygen atoms in total. The molecule has 1 aliphatic rings. The van der Waals surface area contributed by atoms with Crippen LogP contribution in [0.3, 0.4) is 0 Å². The van der Waals surface area contributed by atoms with Gasteiger partial charge in [0.25, 0.3) is 10.0 Å². The van der Waals surface area contributed by atoms with Crippen LogP contribution in [0, 0.1) is 6.92 Å². The van der Waals surface area contributed by atoms with Crippen molar-refractivity contribution < 1.29 is 8.42 Å². The topological polar surface area (TPSA) is 49.4 Å². The van der Waals surface area contributed by atoms with Gasteiger partial charge in [-0.2, -0.15) is 4.31 Å². The van der Waals surface area contributed by atoms with Gasteiger partial charge in [-0.25, -0.2) is 8.42 Å². The Balaban J connectivity index is 2.26. The van der Waals surface area contributed by atoms with Gasteiger partial charge in [0, 0.05) is 24.0 Å². The largest absolute Gasteiger partial charge is 0.312 e. The van der Waals surface area contributed by atoms with Crippen LogP contribution in [-0.2, 0) is 16.6 Å². The van der Waals surface area contributed by atoms with Gasteiger partial charge in [0.2, 0.25) is 0 Å². The summed E-state index contributed by atoms with van der Waals surface area (Å²) in [5.41, 5.74) is 1.05. The molecule has 1 aliphatic carbocycles. The van der Waals surface area contributed by atoms with Crippen LogP contribution in [0.25, 0.3) is 0 Å². The maximum absolute atomic E-state index is 12.7. The average molecular weight is 314 g/mol. The molecule has 1 heterocycles. The molecule has 1 aromatic rings. The minimum absolute atomic E-state index is 0.164. The van der Waals surface area contributed by atoms with E-state index in [4.69, 9.17) is 0 Å². The molecule has 0 atom stereocenters. The fourth-order valence-corrected chi connectivity index (χ4v) is 5.42. The Labute approximate surface area is 125 Å². The van der Waals surface area contributed by atoms with Gasteiger partial charge < -0.3 is 5.32 Å². The number of aryl methyl sites for hydroxylation is 1. The highest BCUT2D eigenvalue weighted by Gasteiger charge is 2.38. The Morgan fingerprint density at radius 1 is 1.55 bits per heavy atom. The first-order valence-corrected chi connectivity index (χ1v) is 9.19. The molecule has 0 amide bonds. The number of thiophene rings is 1. The van der Waals surface area contributed by atoms with Gasteiger partial charge in [-0.3, -0.25) is 0 Å². The van der Waals surface area contributed by atoms with Gasteiger partial charge in [0.1, 0.15) is 4.21 Å². The normalized spacial score (nSPS) is 15.8. The summed E-state index contributed by atoms with van der Waals surface area (Å²) in [5.74, 6) is 0. The van der Waals surface area contributed by atoms with Crippen molar-refractivity contribution in [1.82, 2.24) is 9.62 Å². The highest BCUT2D eigenvalue weighted by molar-refractivity contribution is 7.91. The van der Waals surface area contributed by atoms with Gasteiger partial charge in [-0.15, -0.1) is 17.9 Å². The monoisotopic (exact) mass is 314 g/mol. The van der Waals surface area contributed by atoms with E-state index < -0.39 is 10.0 Å². The lowest BCUT2D eigenvalue weighted by Gasteiger charge is -2.18. The summed E-state index contributed by atoms with van der Waals surface area (Å²) in [7, 11) is -3.37. The Kier molecular flexibility index (Phi) is 5.01. The van der Waals surface area contributed by atoms with Crippen LogP contribution >= 0.6 is 11.3 Å². The highest BCUT2D eigenvalue weighted by Crippen LogP contribution is 2.35. The van der Waals surface area contributed by atoms with Crippen molar-refractivity contribution in [3.63, 3.8) is 0 Å². The van der Waals surface area contributed by atoms with Crippen molar-refractivity contribution in [1.29, 1.82) is 0 Å². The first-order valence-electron chi connectivity index (χ1n) is 6.93. The Morgan fingerprint density at radius 3 is 2.80 bits per heavy atom. The zero-order valence-electron chi connectivity index (χ0n) is 12.1. The van der Waals surface area contributed by atoms with Gasteiger partial charge >= 0.3 is 0 Å². The molecule has 1 fully saturated rings. The molecule has 0 aliphatic heterocycles. The van der Waals surface area contributed by atoms with Gasteiger partial charge in [-0.1, -0.05) is 13.0 Å². The molecule has 1 aromatic heterocycles. The molecule has 6 heteroatoms. The molecule has 0 aromatic carbocycles. The van der Waals surface area contributed by atoms with Gasteiger partial charge in [-0.05, 0) is 37.9 Å². The van der Waals surface area contributed by atoms with E-state index >= 15 is 0 Å². The maximum Gasteiger partial charge on any atom is 0.253 e. The highest BCUT2D eigenvalue weighted by atomic mass is 32.2. The first kappa shape index (κ1) is 15.7. The van der Waals surface area contributed by atoms with E-state index in [2.05, 4.69) is 11.9 Å². The predicted octanol–water partition coefficient (Wildman–Crippen LogP) is 2.51. The lowest BCUT2D eigenvalue weighted by atomic mass is 10.3. The minimum atomic E-state index is -3.37. The van der Waals surface area contributed by atoms with Gasteiger partial charge in [0.15, 0.2) is 0 Å². The molecule has 1 N–H and O–H groups in total. The van der Waals surface area contributed by atoms with E-state index in [9.17, 15) is 8.42 Å². The lowest BCUT2D eigenvalue weighted by Crippen LogP contribution is -2.32. The van der Waals surface area contributed by atoms with Crippen LogP contribution in [0.2, 0.25) is 0 Å². The van der Waals surface area contributed by atoms with Crippen molar-refractivity contribution in [2.75, 3.05) is 13.1 Å². The molecule has 0 unspecified atom stereocenters. The maximum atomic E-state index is 12.7. The van der Waals surface area contributed by atoms with Crippen LogP contribution in [-0.4, -0.2) is 31.9 Å². The second kappa shape index (κ2) is 6.39. The van der Waals surface area contributed by atoms with Crippen molar-refractivity contribution >= 4 is 21.4 Å². The first-order chi connectivity index (χ1) is 9.50. The average Bonchev–Trinajstić information content (AvgIpc) is 3.16. The van der Waals surface area contributed by atoms with Crippen molar-refractivity contribution in [3.8, 4) is 0 Å². The summed E-state index contributed by atoms with van der Waals surface area (Å²) in [6.07, 6.45) is 3.58. The molecule has 20 heavy (non-hydrogen) atoms. The number of hydrogen-bond donors (Lipinski definition) is 1. The zero-order chi connectivity index (χ0) is 14.8. The summed E-state index contributed by atoms with van der Waals surface area (Å²) in [4.78, 5) is 1.10. The summed E-state index contributed by atoms with van der Waals surface area (Å²) >= 11 is 1.38. The van der Waals surface area contributed by atoms with E-state index in [1.54, 1.807) is 16.4 Å².